The number of aromatic nitrogens is 3. The molecule has 2 aromatic heterocycles. The van der Waals surface area contributed by atoms with Crippen LogP contribution in [0.25, 0.3) is 0 Å². The normalized spacial score (nSPS) is 14.9. The van der Waals surface area contributed by atoms with Gasteiger partial charge in [-0.05, 0) is 46.0 Å². The molecule has 0 aromatic carbocycles. The fraction of sp³-hybridized carbons (Fsp3) is 0.560. The highest BCUT2D eigenvalue weighted by atomic mass is 16.5. The summed E-state index contributed by atoms with van der Waals surface area (Å²) in [4.78, 5) is 18.6. The predicted octanol–water partition coefficient (Wildman–Crippen LogP) is 4.94. The topological polar surface area (TPSA) is 80.4 Å². The monoisotopic (exact) mass is 438 g/mol. The Bertz CT molecular complexity index is 985. The smallest absolute Gasteiger partial charge is 0.222 e. The average molecular weight is 439 g/mol. The highest BCUT2D eigenvalue weighted by molar-refractivity contribution is 5.76. The van der Waals surface area contributed by atoms with Crippen LogP contribution in [-0.2, 0) is 6.54 Å². The van der Waals surface area contributed by atoms with Crippen LogP contribution in [0.15, 0.2) is 18.0 Å². The number of rotatable bonds is 8. The summed E-state index contributed by atoms with van der Waals surface area (Å²) in [6.45, 7) is 15.2. The summed E-state index contributed by atoms with van der Waals surface area (Å²) in [5, 5.41) is 0. The Morgan fingerprint density at radius 2 is 1.97 bits per heavy atom. The van der Waals surface area contributed by atoms with Crippen molar-refractivity contribution < 1.29 is 4.74 Å². The van der Waals surface area contributed by atoms with Gasteiger partial charge >= 0.3 is 0 Å². The zero-order chi connectivity index (χ0) is 23.4. The molecule has 1 aliphatic rings. The molecular weight excluding hydrogens is 400 g/mol. The second-order valence-electron chi connectivity index (χ2n) is 9.03. The van der Waals surface area contributed by atoms with E-state index in [1.807, 2.05) is 20.0 Å². The summed E-state index contributed by atoms with van der Waals surface area (Å²) in [5.74, 6) is 2.77. The molecule has 0 saturated heterocycles. The van der Waals surface area contributed by atoms with E-state index in [0.717, 1.165) is 65.7 Å². The lowest BCUT2D eigenvalue weighted by Crippen LogP contribution is -2.41. The van der Waals surface area contributed by atoms with Crippen LogP contribution in [0.1, 0.15) is 62.5 Å². The molecule has 0 bridgehead atoms. The maximum absolute atomic E-state index is 6.09. The number of allylic oxidation sites excluding steroid dienone is 1. The third-order valence-corrected chi connectivity index (χ3v) is 6.02. The Balaban J connectivity index is 2.04. The molecule has 0 aliphatic carbocycles. The highest BCUT2D eigenvalue weighted by Gasteiger charge is 2.31. The lowest BCUT2D eigenvalue weighted by Gasteiger charge is -2.40. The number of nitrogens with zero attached hydrogens (tertiary/aromatic N) is 5. The van der Waals surface area contributed by atoms with Crippen molar-refractivity contribution in [3.8, 4) is 5.75 Å². The zero-order valence-corrected chi connectivity index (χ0v) is 20.7. The van der Waals surface area contributed by atoms with Gasteiger partial charge in [0.25, 0.3) is 0 Å². The minimum absolute atomic E-state index is 0.308. The number of nitrogens with two attached hydrogens (primary N) is 1. The van der Waals surface area contributed by atoms with Crippen LogP contribution in [0, 0.1) is 26.7 Å². The number of hydrogen-bond acceptors (Lipinski definition) is 7. The van der Waals surface area contributed by atoms with Gasteiger partial charge in [-0.1, -0.05) is 26.8 Å². The largest absolute Gasteiger partial charge is 0.496 e. The quantitative estimate of drug-likeness (QED) is 0.625. The summed E-state index contributed by atoms with van der Waals surface area (Å²) in [5.41, 5.74) is 12.4. The molecule has 0 saturated carbocycles. The van der Waals surface area contributed by atoms with Crippen LogP contribution in [0.3, 0.4) is 0 Å². The van der Waals surface area contributed by atoms with Crippen LogP contribution in [-0.4, -0.2) is 35.2 Å². The molecule has 0 radical (unpaired) electrons. The zero-order valence-electron chi connectivity index (χ0n) is 20.7. The first-order valence-corrected chi connectivity index (χ1v) is 11.6. The second kappa shape index (κ2) is 10.2. The fourth-order valence-electron chi connectivity index (χ4n) is 4.47. The first kappa shape index (κ1) is 23.8. The molecule has 0 unspecified atom stereocenters. The molecule has 2 N–H and O–H groups in total. The minimum Gasteiger partial charge on any atom is -0.496 e. The van der Waals surface area contributed by atoms with Crippen LogP contribution in [0.4, 0.5) is 17.5 Å². The van der Waals surface area contributed by atoms with Crippen LogP contribution >= 0.6 is 0 Å². The van der Waals surface area contributed by atoms with E-state index in [0.29, 0.717) is 18.4 Å². The Hall–Kier alpha value is -2.83. The van der Waals surface area contributed by atoms with Crippen LogP contribution < -0.4 is 20.3 Å². The van der Waals surface area contributed by atoms with Crippen molar-refractivity contribution in [2.75, 3.05) is 35.7 Å². The Morgan fingerprint density at radius 3 is 2.62 bits per heavy atom. The Labute approximate surface area is 192 Å². The van der Waals surface area contributed by atoms with E-state index in [-0.39, 0.29) is 0 Å². The van der Waals surface area contributed by atoms with E-state index in [1.54, 1.807) is 7.11 Å². The molecule has 3 heterocycles. The van der Waals surface area contributed by atoms with E-state index < -0.39 is 0 Å². The van der Waals surface area contributed by atoms with Gasteiger partial charge in [-0.2, -0.15) is 4.98 Å². The molecule has 174 valence electrons. The number of methoxy groups -OCH3 is 1. The number of nitrogen functional groups attached to an aromatic ring is 1. The minimum atomic E-state index is 0.308. The van der Waals surface area contributed by atoms with E-state index >= 15 is 0 Å². The summed E-state index contributed by atoms with van der Waals surface area (Å²) < 4.78 is 5.63. The van der Waals surface area contributed by atoms with Crippen LogP contribution in [0.2, 0.25) is 0 Å². The van der Waals surface area contributed by atoms with E-state index in [4.69, 9.17) is 20.4 Å². The van der Waals surface area contributed by atoms with Gasteiger partial charge in [-0.25, -0.2) is 4.98 Å². The van der Waals surface area contributed by atoms with Crippen molar-refractivity contribution in [1.82, 2.24) is 15.0 Å². The number of fused-ring (bicyclic) bond motifs is 1. The van der Waals surface area contributed by atoms with Crippen molar-refractivity contribution in [1.29, 1.82) is 0 Å². The summed E-state index contributed by atoms with van der Waals surface area (Å²) in [6, 6.07) is 0. The molecule has 0 atom stereocenters. The van der Waals surface area contributed by atoms with E-state index in [2.05, 4.69) is 48.6 Å². The number of ether oxygens (including phenoxy) is 1. The average Bonchev–Trinajstić information content (AvgIpc) is 2.72. The van der Waals surface area contributed by atoms with Crippen molar-refractivity contribution >= 4 is 17.5 Å². The van der Waals surface area contributed by atoms with Gasteiger partial charge in [0.05, 0.1) is 31.6 Å². The molecule has 3 rings (SSSR count). The summed E-state index contributed by atoms with van der Waals surface area (Å²) >= 11 is 0. The first-order chi connectivity index (χ1) is 15.3. The molecular formula is C25H38N6O. The van der Waals surface area contributed by atoms with Crippen molar-refractivity contribution in [3.05, 3.63) is 40.5 Å². The molecule has 1 aliphatic heterocycles. The number of anilines is 3. The molecule has 0 amide bonds. The van der Waals surface area contributed by atoms with Crippen molar-refractivity contribution in [2.45, 2.75) is 67.3 Å². The molecule has 7 nitrogen and oxygen atoms in total. The maximum Gasteiger partial charge on any atom is 0.222 e. The molecule has 0 fully saturated rings. The molecule has 32 heavy (non-hydrogen) atoms. The summed E-state index contributed by atoms with van der Waals surface area (Å²) in [7, 11) is 1.71. The van der Waals surface area contributed by atoms with Crippen molar-refractivity contribution in [2.24, 2.45) is 5.92 Å². The van der Waals surface area contributed by atoms with Gasteiger partial charge in [0.15, 0.2) is 5.82 Å². The van der Waals surface area contributed by atoms with Crippen LogP contribution in [0.5, 0.6) is 5.75 Å². The molecule has 2 aromatic rings. The SMILES string of the molecule is CC/C=C1/CN(Cc2ncc(C)c(OC)c2C)c2nc(N)nc(C)c2N1CCCC(C)C. The lowest BCUT2D eigenvalue weighted by atomic mass is 10.1. The van der Waals surface area contributed by atoms with Gasteiger partial charge in [0.1, 0.15) is 11.4 Å². The predicted molar refractivity (Wildman–Crippen MR) is 132 cm³/mol. The van der Waals surface area contributed by atoms with Gasteiger partial charge in [0.2, 0.25) is 5.95 Å². The highest BCUT2D eigenvalue weighted by Crippen LogP contribution is 2.39. The summed E-state index contributed by atoms with van der Waals surface area (Å²) in [6.07, 6.45) is 7.49. The second-order valence-corrected chi connectivity index (χ2v) is 9.03. The molecule has 7 heteroatoms. The Kier molecular flexibility index (Phi) is 7.59. The molecule has 0 spiro atoms. The number of hydrogen-bond donors (Lipinski definition) is 1. The standard InChI is InChI=1S/C25H38N6O/c1-8-10-20-14-30(15-21-18(5)23(32-7)17(4)13-27-21)24-22(19(6)28-25(26)29-24)31(20)12-9-11-16(2)3/h10,13,16H,8-9,11-12,14-15H2,1-7H3,(H2,26,28,29)/b20-10-. The third kappa shape index (κ3) is 4.97. The van der Waals surface area contributed by atoms with Gasteiger partial charge in [-0.3, -0.25) is 4.98 Å². The Morgan fingerprint density at radius 1 is 1.22 bits per heavy atom. The number of aryl methyl sites for hydroxylation is 2. The van der Waals surface area contributed by atoms with Crippen molar-refractivity contribution in [3.63, 3.8) is 0 Å². The lowest BCUT2D eigenvalue weighted by molar-refractivity contribution is 0.406. The third-order valence-electron chi connectivity index (χ3n) is 6.02. The number of pyridine rings is 1. The van der Waals surface area contributed by atoms with Gasteiger partial charge in [-0.15, -0.1) is 0 Å². The van der Waals surface area contributed by atoms with Gasteiger partial charge < -0.3 is 20.3 Å². The first-order valence-electron chi connectivity index (χ1n) is 11.6. The fourth-order valence-corrected chi connectivity index (χ4v) is 4.47. The maximum atomic E-state index is 6.09. The van der Waals surface area contributed by atoms with E-state index in [1.165, 1.54) is 12.1 Å². The van der Waals surface area contributed by atoms with E-state index in [9.17, 15) is 0 Å². The van der Waals surface area contributed by atoms with Gasteiger partial charge in [0, 0.05) is 29.6 Å².